The molecule has 4 aromatic rings. The minimum absolute atomic E-state index is 0.0655. The molecule has 1 aliphatic carbocycles. The van der Waals surface area contributed by atoms with Gasteiger partial charge in [0, 0.05) is 49.7 Å². The third-order valence-corrected chi connectivity index (χ3v) is 9.47. The van der Waals surface area contributed by atoms with Crippen LogP contribution in [0.4, 0.5) is 0 Å². The van der Waals surface area contributed by atoms with Crippen molar-refractivity contribution in [1.82, 2.24) is 39.5 Å². The van der Waals surface area contributed by atoms with Crippen molar-refractivity contribution in [1.29, 1.82) is 0 Å². The van der Waals surface area contributed by atoms with Crippen LogP contribution in [0.15, 0.2) is 74.0 Å². The highest BCUT2D eigenvalue weighted by Gasteiger charge is 2.43. The number of benzene rings is 1. The van der Waals surface area contributed by atoms with Gasteiger partial charge < -0.3 is 10.2 Å². The lowest BCUT2D eigenvalue weighted by molar-refractivity contribution is -0.136. The summed E-state index contributed by atoms with van der Waals surface area (Å²) in [6.45, 7) is 2.13. The van der Waals surface area contributed by atoms with Gasteiger partial charge in [-0.15, -0.1) is 0 Å². The maximum Gasteiger partial charge on any atom is 0.253 e. The van der Waals surface area contributed by atoms with Crippen LogP contribution in [0.3, 0.4) is 0 Å². The maximum absolute atomic E-state index is 14.1. The Hall–Kier alpha value is -4.05. The first-order chi connectivity index (χ1) is 21.0. The first kappa shape index (κ1) is 29.0. The molecule has 43 heavy (non-hydrogen) atoms. The third-order valence-electron chi connectivity index (χ3n) is 9.22. The van der Waals surface area contributed by atoms with Gasteiger partial charge in [0.1, 0.15) is 30.8 Å². The number of likely N-dealkylation sites (tertiary alicyclic amines) is 1. The molecule has 224 valence electrons. The highest BCUT2D eigenvalue weighted by molar-refractivity contribution is 6.30. The van der Waals surface area contributed by atoms with E-state index in [1.54, 1.807) is 48.1 Å². The number of nitrogens with zero attached hydrogens (tertiary/aromatic N) is 7. The Morgan fingerprint density at radius 2 is 1.79 bits per heavy atom. The van der Waals surface area contributed by atoms with Crippen molar-refractivity contribution in [2.45, 2.75) is 64.0 Å². The van der Waals surface area contributed by atoms with E-state index < -0.39 is 6.04 Å². The first-order valence-electron chi connectivity index (χ1n) is 15.1. The molecule has 1 atom stereocenters. The second-order valence-corrected chi connectivity index (χ2v) is 12.3. The number of carbonyl (C=O) groups is 2. The van der Waals surface area contributed by atoms with Crippen LogP contribution in [0, 0.1) is 11.3 Å². The number of aromatic nitrogens is 6. The van der Waals surface area contributed by atoms with E-state index in [2.05, 4.69) is 25.4 Å². The second-order valence-electron chi connectivity index (χ2n) is 11.8. The summed E-state index contributed by atoms with van der Waals surface area (Å²) in [4.78, 5) is 42.0. The molecule has 1 aromatic carbocycles. The van der Waals surface area contributed by atoms with Crippen molar-refractivity contribution in [2.24, 2.45) is 11.3 Å². The van der Waals surface area contributed by atoms with Gasteiger partial charge in [0.15, 0.2) is 0 Å². The lowest BCUT2D eigenvalue weighted by atomic mass is 9.63. The summed E-state index contributed by atoms with van der Waals surface area (Å²) >= 11 is 6.12. The van der Waals surface area contributed by atoms with E-state index in [1.807, 2.05) is 33.8 Å². The van der Waals surface area contributed by atoms with Crippen molar-refractivity contribution in [3.63, 3.8) is 0 Å². The predicted octanol–water partition coefficient (Wildman–Crippen LogP) is 4.74. The number of piperidine rings is 1. The molecule has 2 aliphatic rings. The molecule has 2 fully saturated rings. The van der Waals surface area contributed by atoms with Crippen LogP contribution in [-0.4, -0.2) is 65.1 Å². The zero-order valence-corrected chi connectivity index (χ0v) is 24.9. The number of imidazole rings is 1. The van der Waals surface area contributed by atoms with E-state index in [9.17, 15) is 9.59 Å². The molecule has 0 spiro atoms. The fraction of sp³-hybridized carbons (Fsp3) is 0.438. The molecule has 11 heteroatoms. The standard InChI is InChI=1S/C32H37ClN8O2/c33-27-9-6-24(7-10-27)18-28(38-30(42)25-8-11-29(36-19-25)40-17-14-34-22-40)31(43)39-15-12-32(13-16-39,20-41-23-35-21-37-41)26-4-2-1-3-5-26/h6-11,14,17,19,21-23,26,28H,1-5,12-13,15-16,18,20H2,(H,38,42)/t28-/m1/s1. The van der Waals surface area contributed by atoms with Gasteiger partial charge in [0.25, 0.3) is 5.91 Å². The van der Waals surface area contributed by atoms with Gasteiger partial charge in [-0.1, -0.05) is 43.0 Å². The Morgan fingerprint density at radius 3 is 2.44 bits per heavy atom. The number of carbonyl (C=O) groups excluding carboxylic acids is 2. The fourth-order valence-electron chi connectivity index (χ4n) is 6.81. The average Bonchev–Trinajstić information content (AvgIpc) is 3.78. The zero-order valence-electron chi connectivity index (χ0n) is 24.2. The zero-order chi connectivity index (χ0) is 29.6. The molecule has 1 saturated heterocycles. The Kier molecular flexibility index (Phi) is 8.83. The topological polar surface area (TPSA) is 111 Å². The Morgan fingerprint density at radius 1 is 1.00 bits per heavy atom. The molecule has 10 nitrogen and oxygen atoms in total. The second kappa shape index (κ2) is 13.1. The molecular weight excluding hydrogens is 564 g/mol. The summed E-state index contributed by atoms with van der Waals surface area (Å²) in [5.41, 5.74) is 1.40. The van der Waals surface area contributed by atoms with Crippen molar-refractivity contribution >= 4 is 23.4 Å². The quantitative estimate of drug-likeness (QED) is 0.297. The van der Waals surface area contributed by atoms with Crippen molar-refractivity contribution in [2.75, 3.05) is 13.1 Å². The summed E-state index contributed by atoms with van der Waals surface area (Å²) in [7, 11) is 0. The third kappa shape index (κ3) is 6.80. The van der Waals surface area contributed by atoms with Gasteiger partial charge in [-0.25, -0.2) is 15.0 Å². The number of rotatable bonds is 9. The van der Waals surface area contributed by atoms with E-state index in [4.69, 9.17) is 11.6 Å². The molecule has 1 N–H and O–H groups in total. The average molecular weight is 601 g/mol. The number of nitrogens with one attached hydrogen (secondary N) is 1. The van der Waals surface area contributed by atoms with Gasteiger partial charge in [-0.3, -0.25) is 18.8 Å². The van der Waals surface area contributed by atoms with Gasteiger partial charge >= 0.3 is 0 Å². The van der Waals surface area contributed by atoms with E-state index in [-0.39, 0.29) is 17.2 Å². The van der Waals surface area contributed by atoms with Crippen molar-refractivity contribution in [3.05, 3.63) is 90.1 Å². The van der Waals surface area contributed by atoms with Crippen LogP contribution in [0.2, 0.25) is 5.02 Å². The lowest BCUT2D eigenvalue weighted by Gasteiger charge is -2.48. The number of amides is 2. The monoisotopic (exact) mass is 600 g/mol. The minimum atomic E-state index is -0.723. The number of hydrogen-bond donors (Lipinski definition) is 1. The van der Waals surface area contributed by atoms with Gasteiger partial charge in [0.2, 0.25) is 5.91 Å². The van der Waals surface area contributed by atoms with Crippen LogP contribution in [0.25, 0.3) is 5.82 Å². The van der Waals surface area contributed by atoms with Gasteiger partial charge in [0.05, 0.1) is 5.56 Å². The normalized spacial score (nSPS) is 17.8. The van der Waals surface area contributed by atoms with Crippen LogP contribution >= 0.6 is 11.6 Å². The molecule has 0 radical (unpaired) electrons. The SMILES string of the molecule is O=C(N[C@H](Cc1ccc(Cl)cc1)C(=O)N1CCC(Cn2cncn2)(C2CCCCC2)CC1)c1ccc(-n2ccnc2)nc1. The van der Waals surface area contributed by atoms with E-state index in [1.165, 1.54) is 38.3 Å². The summed E-state index contributed by atoms with van der Waals surface area (Å²) in [6.07, 6.45) is 18.5. The molecule has 4 heterocycles. The highest BCUT2D eigenvalue weighted by Crippen LogP contribution is 2.47. The molecule has 6 rings (SSSR count). The predicted molar refractivity (Wildman–Crippen MR) is 163 cm³/mol. The summed E-state index contributed by atoms with van der Waals surface area (Å²) in [6, 6.07) is 10.2. The molecule has 1 saturated carbocycles. The molecule has 0 bridgehead atoms. The summed E-state index contributed by atoms with van der Waals surface area (Å²) in [5.74, 6) is 0.870. The van der Waals surface area contributed by atoms with E-state index in [0.29, 0.717) is 41.8 Å². The highest BCUT2D eigenvalue weighted by atomic mass is 35.5. The summed E-state index contributed by atoms with van der Waals surface area (Å²) in [5, 5.41) is 8.08. The van der Waals surface area contributed by atoms with Gasteiger partial charge in [-0.2, -0.15) is 5.10 Å². The molecule has 3 aromatic heterocycles. The Labute approximate surface area is 256 Å². The molecule has 1 aliphatic heterocycles. The molecule has 2 amide bonds. The fourth-order valence-corrected chi connectivity index (χ4v) is 6.93. The Balaban J connectivity index is 1.18. The minimum Gasteiger partial charge on any atom is -0.341 e. The molecule has 0 unspecified atom stereocenters. The van der Waals surface area contributed by atoms with Gasteiger partial charge in [-0.05, 0) is 66.8 Å². The largest absolute Gasteiger partial charge is 0.341 e. The Bertz CT molecular complexity index is 1480. The van der Waals surface area contributed by atoms with Crippen LogP contribution < -0.4 is 5.32 Å². The maximum atomic E-state index is 14.1. The number of hydrogen-bond acceptors (Lipinski definition) is 6. The van der Waals surface area contributed by atoms with Crippen LogP contribution in [-0.2, 0) is 17.8 Å². The first-order valence-corrected chi connectivity index (χ1v) is 15.5. The van der Waals surface area contributed by atoms with Crippen molar-refractivity contribution in [3.8, 4) is 5.82 Å². The molecular formula is C32H37ClN8O2. The lowest BCUT2D eigenvalue weighted by Crippen LogP contribution is -2.54. The number of pyridine rings is 1. The summed E-state index contributed by atoms with van der Waals surface area (Å²) < 4.78 is 3.73. The van der Waals surface area contributed by atoms with E-state index in [0.717, 1.165) is 24.9 Å². The van der Waals surface area contributed by atoms with Crippen LogP contribution in [0.5, 0.6) is 0 Å². The van der Waals surface area contributed by atoms with E-state index >= 15 is 0 Å². The smallest absolute Gasteiger partial charge is 0.253 e. The van der Waals surface area contributed by atoms with Crippen LogP contribution in [0.1, 0.15) is 60.9 Å². The van der Waals surface area contributed by atoms with Crippen molar-refractivity contribution < 1.29 is 9.59 Å². The number of halogens is 1.